The molecule has 5 aromatic rings. The number of ether oxygens (including phenoxy) is 2. The van der Waals surface area contributed by atoms with Crippen LogP contribution in [0.3, 0.4) is 0 Å². The van der Waals surface area contributed by atoms with E-state index in [1.807, 2.05) is 41.8 Å². The van der Waals surface area contributed by atoms with Crippen molar-refractivity contribution >= 4 is 33.3 Å². The lowest BCUT2D eigenvalue weighted by atomic mass is 10.0. The Bertz CT molecular complexity index is 1590. The normalized spacial score (nSPS) is 10.9. The van der Waals surface area contributed by atoms with E-state index >= 15 is 0 Å². The molecule has 0 bridgehead atoms. The van der Waals surface area contributed by atoms with Crippen LogP contribution in [0.1, 0.15) is 21.5 Å². The van der Waals surface area contributed by atoms with Crippen molar-refractivity contribution in [2.75, 3.05) is 19.5 Å². The van der Waals surface area contributed by atoms with Gasteiger partial charge in [-0.25, -0.2) is 9.97 Å². The third-order valence-electron chi connectivity index (χ3n) is 6.03. The lowest BCUT2D eigenvalue weighted by Gasteiger charge is -2.13. The molecule has 1 amide bonds. The molecule has 180 valence electrons. The summed E-state index contributed by atoms with van der Waals surface area (Å²) in [6, 6.07) is 21.2. The highest BCUT2D eigenvalue weighted by molar-refractivity contribution is 7.14. The number of aryl methyl sites for hydroxylation is 2. The molecule has 0 fully saturated rings. The fourth-order valence-corrected chi connectivity index (χ4v) is 4.94. The number of aromatic nitrogens is 2. The van der Waals surface area contributed by atoms with Gasteiger partial charge in [0.25, 0.3) is 5.91 Å². The first-order valence-corrected chi connectivity index (χ1v) is 12.3. The van der Waals surface area contributed by atoms with Crippen LogP contribution >= 0.6 is 11.3 Å². The largest absolute Gasteiger partial charge is 0.497 e. The summed E-state index contributed by atoms with van der Waals surface area (Å²) in [5.41, 5.74) is 6.88. The number of amides is 1. The first kappa shape index (κ1) is 23.5. The van der Waals surface area contributed by atoms with Crippen molar-refractivity contribution in [2.24, 2.45) is 0 Å². The van der Waals surface area contributed by atoms with Gasteiger partial charge in [-0.05, 0) is 43.7 Å². The Labute approximate surface area is 213 Å². The predicted octanol–water partition coefficient (Wildman–Crippen LogP) is 6.91. The van der Waals surface area contributed by atoms with Gasteiger partial charge < -0.3 is 9.47 Å². The maximum absolute atomic E-state index is 13.5. The highest BCUT2D eigenvalue weighted by Gasteiger charge is 2.18. The van der Waals surface area contributed by atoms with Gasteiger partial charge in [0.05, 0.1) is 36.7 Å². The molecule has 3 aromatic carbocycles. The number of benzene rings is 3. The van der Waals surface area contributed by atoms with Gasteiger partial charge in [0.2, 0.25) is 0 Å². The standard InChI is InChI=1S/C29H25N3O3S/c1-17-9-11-20(18(2)13-17)26-16-36-29(31-26)32-28(33)23-15-25(30-24-8-6-5-7-21(23)24)22-12-10-19(34-3)14-27(22)35-4/h5-16H,1-4H3,(H,31,32,33). The molecule has 0 saturated carbocycles. The minimum atomic E-state index is -0.246. The first-order chi connectivity index (χ1) is 17.5. The number of fused-ring (bicyclic) bond motifs is 1. The lowest BCUT2D eigenvalue weighted by molar-refractivity contribution is 0.102. The summed E-state index contributed by atoms with van der Waals surface area (Å²) in [6.07, 6.45) is 0. The van der Waals surface area contributed by atoms with E-state index < -0.39 is 0 Å². The maximum atomic E-state index is 13.5. The van der Waals surface area contributed by atoms with E-state index in [9.17, 15) is 4.79 Å². The van der Waals surface area contributed by atoms with Gasteiger partial charge in [0.15, 0.2) is 5.13 Å². The number of rotatable bonds is 6. The fourth-order valence-electron chi connectivity index (χ4n) is 4.23. The highest BCUT2D eigenvalue weighted by atomic mass is 32.1. The maximum Gasteiger partial charge on any atom is 0.258 e. The van der Waals surface area contributed by atoms with Crippen LogP contribution in [-0.4, -0.2) is 30.1 Å². The highest BCUT2D eigenvalue weighted by Crippen LogP contribution is 2.35. The second kappa shape index (κ2) is 9.79. The minimum absolute atomic E-state index is 0.246. The van der Waals surface area contributed by atoms with Crippen LogP contribution in [0.15, 0.2) is 72.1 Å². The van der Waals surface area contributed by atoms with Crippen molar-refractivity contribution in [2.45, 2.75) is 13.8 Å². The van der Waals surface area contributed by atoms with E-state index in [1.165, 1.54) is 16.9 Å². The number of pyridine rings is 1. The number of hydrogen-bond donors (Lipinski definition) is 1. The number of nitrogens with zero attached hydrogens (tertiary/aromatic N) is 2. The van der Waals surface area contributed by atoms with Crippen molar-refractivity contribution in [1.82, 2.24) is 9.97 Å². The lowest BCUT2D eigenvalue weighted by Crippen LogP contribution is -2.13. The molecule has 6 nitrogen and oxygen atoms in total. The quantitative estimate of drug-likeness (QED) is 0.277. The molecule has 0 spiro atoms. The van der Waals surface area contributed by atoms with Crippen LogP contribution in [0.4, 0.5) is 5.13 Å². The molecule has 36 heavy (non-hydrogen) atoms. The van der Waals surface area contributed by atoms with Crippen LogP contribution in [0.5, 0.6) is 11.5 Å². The molecule has 0 saturated heterocycles. The van der Waals surface area contributed by atoms with Gasteiger partial charge in [-0.15, -0.1) is 11.3 Å². The molecule has 5 rings (SSSR count). The van der Waals surface area contributed by atoms with Crippen LogP contribution in [0, 0.1) is 13.8 Å². The Balaban J connectivity index is 1.52. The molecule has 0 aliphatic heterocycles. The zero-order chi connectivity index (χ0) is 25.2. The predicted molar refractivity (Wildman–Crippen MR) is 145 cm³/mol. The van der Waals surface area contributed by atoms with Crippen molar-refractivity contribution in [3.8, 4) is 34.0 Å². The second-order valence-corrected chi connectivity index (χ2v) is 9.31. The number of thiazole rings is 1. The summed E-state index contributed by atoms with van der Waals surface area (Å²) >= 11 is 1.40. The van der Waals surface area contributed by atoms with Gasteiger partial charge in [0.1, 0.15) is 11.5 Å². The summed E-state index contributed by atoms with van der Waals surface area (Å²) in [5.74, 6) is 1.04. The number of hydrogen-bond acceptors (Lipinski definition) is 6. The number of methoxy groups -OCH3 is 2. The average molecular weight is 496 g/mol. The van der Waals surface area contributed by atoms with Crippen LogP contribution < -0.4 is 14.8 Å². The Morgan fingerprint density at radius 2 is 1.67 bits per heavy atom. The van der Waals surface area contributed by atoms with Gasteiger partial charge in [-0.3, -0.25) is 10.1 Å². The van der Waals surface area contributed by atoms with Crippen molar-refractivity contribution in [1.29, 1.82) is 0 Å². The van der Waals surface area contributed by atoms with E-state index in [2.05, 4.69) is 42.3 Å². The zero-order valence-electron chi connectivity index (χ0n) is 20.5. The summed E-state index contributed by atoms with van der Waals surface area (Å²) in [5, 5.41) is 6.25. The van der Waals surface area contributed by atoms with Crippen molar-refractivity contribution in [3.05, 3.63) is 88.8 Å². The molecule has 0 aliphatic carbocycles. The summed E-state index contributed by atoms with van der Waals surface area (Å²) < 4.78 is 10.9. The third-order valence-corrected chi connectivity index (χ3v) is 6.79. The van der Waals surface area contributed by atoms with E-state index in [0.717, 1.165) is 27.8 Å². The molecule has 0 aliphatic rings. The summed E-state index contributed by atoms with van der Waals surface area (Å²) in [7, 11) is 3.21. The van der Waals surface area contributed by atoms with Gasteiger partial charge in [0, 0.05) is 28.0 Å². The number of para-hydroxylation sites is 1. The summed E-state index contributed by atoms with van der Waals surface area (Å²) in [4.78, 5) is 23.0. The summed E-state index contributed by atoms with van der Waals surface area (Å²) in [6.45, 7) is 4.14. The zero-order valence-corrected chi connectivity index (χ0v) is 21.3. The average Bonchev–Trinajstić information content (AvgIpc) is 3.35. The van der Waals surface area contributed by atoms with Crippen LogP contribution in [0.25, 0.3) is 33.4 Å². The number of carbonyl (C=O) groups excluding carboxylic acids is 1. The smallest absolute Gasteiger partial charge is 0.258 e. The topological polar surface area (TPSA) is 73.3 Å². The van der Waals surface area contributed by atoms with Crippen molar-refractivity contribution < 1.29 is 14.3 Å². The molecule has 2 aromatic heterocycles. The molecule has 2 heterocycles. The molecule has 7 heteroatoms. The first-order valence-electron chi connectivity index (χ1n) is 11.4. The van der Waals surface area contributed by atoms with E-state index in [1.54, 1.807) is 26.4 Å². The molecule has 0 radical (unpaired) electrons. The van der Waals surface area contributed by atoms with Crippen LogP contribution in [-0.2, 0) is 0 Å². The monoisotopic (exact) mass is 495 g/mol. The Hall–Kier alpha value is -4.23. The SMILES string of the molecule is COc1ccc(-c2cc(C(=O)Nc3nc(-c4ccc(C)cc4C)cs3)c3ccccc3n2)c(OC)c1. The molecular formula is C29H25N3O3S. The Morgan fingerprint density at radius 3 is 2.44 bits per heavy atom. The fraction of sp³-hybridized carbons (Fsp3) is 0.138. The number of anilines is 1. The Kier molecular flexibility index (Phi) is 6.40. The molecule has 0 atom stereocenters. The van der Waals surface area contributed by atoms with E-state index in [4.69, 9.17) is 14.5 Å². The van der Waals surface area contributed by atoms with Crippen LogP contribution in [0.2, 0.25) is 0 Å². The van der Waals surface area contributed by atoms with E-state index in [0.29, 0.717) is 33.4 Å². The third kappa shape index (κ3) is 4.53. The van der Waals surface area contributed by atoms with Gasteiger partial charge in [-0.1, -0.05) is 42.0 Å². The minimum Gasteiger partial charge on any atom is -0.497 e. The molecule has 0 unspecified atom stereocenters. The van der Waals surface area contributed by atoms with Gasteiger partial charge in [-0.2, -0.15) is 0 Å². The van der Waals surface area contributed by atoms with E-state index in [-0.39, 0.29) is 5.91 Å². The number of carbonyl (C=O) groups is 1. The van der Waals surface area contributed by atoms with Crippen molar-refractivity contribution in [3.63, 3.8) is 0 Å². The Morgan fingerprint density at radius 1 is 0.861 bits per heavy atom. The van der Waals surface area contributed by atoms with Gasteiger partial charge >= 0.3 is 0 Å². The number of nitrogens with one attached hydrogen (secondary N) is 1. The second-order valence-electron chi connectivity index (χ2n) is 8.45. The molecular weight excluding hydrogens is 470 g/mol. The molecule has 1 N–H and O–H groups in total.